The van der Waals surface area contributed by atoms with Crippen LogP contribution in [-0.2, 0) is 4.74 Å². The van der Waals surface area contributed by atoms with Crippen LogP contribution in [-0.4, -0.2) is 63.7 Å². The maximum atomic E-state index is 11.8. The van der Waals surface area contributed by atoms with Crippen molar-refractivity contribution in [3.63, 3.8) is 0 Å². The molecule has 0 spiro atoms. The van der Waals surface area contributed by atoms with Gasteiger partial charge in [0.2, 0.25) is 0 Å². The number of rotatable bonds is 10. The highest BCUT2D eigenvalue weighted by atomic mass is 32.1. The molecule has 1 aromatic rings. The van der Waals surface area contributed by atoms with E-state index in [4.69, 9.17) is 4.74 Å². The van der Waals surface area contributed by atoms with Crippen molar-refractivity contribution in [2.75, 3.05) is 46.9 Å². The second-order valence-corrected chi connectivity index (χ2v) is 6.95. The molecule has 0 unspecified atom stereocenters. The molecule has 1 fully saturated rings. The predicted octanol–water partition coefficient (Wildman–Crippen LogP) is 1.80. The maximum Gasteiger partial charge on any atom is 0.261 e. The van der Waals surface area contributed by atoms with Crippen molar-refractivity contribution in [2.24, 2.45) is 10.9 Å². The minimum Gasteiger partial charge on any atom is -0.379 e. The zero-order valence-electron chi connectivity index (χ0n) is 14.6. The van der Waals surface area contributed by atoms with E-state index in [-0.39, 0.29) is 5.91 Å². The Labute approximate surface area is 148 Å². The number of nitrogens with zero attached hydrogens (tertiary/aromatic N) is 2. The summed E-state index contributed by atoms with van der Waals surface area (Å²) in [4.78, 5) is 18.9. The molecule has 1 heterocycles. The quantitative estimate of drug-likeness (QED) is 0.383. The Bertz CT molecular complexity index is 515. The average molecular weight is 353 g/mol. The summed E-state index contributed by atoms with van der Waals surface area (Å²) in [6.45, 7) is 3.86. The van der Waals surface area contributed by atoms with Crippen molar-refractivity contribution in [1.29, 1.82) is 0 Å². The zero-order chi connectivity index (χ0) is 17.2. The smallest absolute Gasteiger partial charge is 0.261 e. The normalized spacial score (nSPS) is 14.5. The Morgan fingerprint density at radius 2 is 2.21 bits per heavy atom. The van der Waals surface area contributed by atoms with Crippen molar-refractivity contribution in [1.82, 2.24) is 15.5 Å². The van der Waals surface area contributed by atoms with Crippen LogP contribution in [0.25, 0.3) is 0 Å². The average Bonchev–Trinajstić information content (AvgIpc) is 3.24. The third-order valence-electron chi connectivity index (χ3n) is 3.86. The first-order valence-electron chi connectivity index (χ1n) is 8.52. The third kappa shape index (κ3) is 6.88. The monoisotopic (exact) mass is 352 g/mol. The standard InChI is InChI=1S/C17H28N4O2S/c1-18-17(21(2)10-11-23-13-14-6-7-14)20-9-4-8-19-16(22)15-5-3-12-24-15/h3,5,12,14H,4,6-11,13H2,1-2H3,(H,18,20)(H,19,22). The largest absolute Gasteiger partial charge is 0.379 e. The number of likely N-dealkylation sites (N-methyl/N-ethyl adjacent to an activating group) is 1. The van der Waals surface area contributed by atoms with E-state index >= 15 is 0 Å². The first kappa shape index (κ1) is 18.7. The van der Waals surface area contributed by atoms with Crippen LogP contribution in [0.1, 0.15) is 28.9 Å². The van der Waals surface area contributed by atoms with Gasteiger partial charge in [0.15, 0.2) is 5.96 Å². The SMILES string of the molecule is CN=C(NCCCNC(=O)c1cccs1)N(C)CCOCC1CC1. The summed E-state index contributed by atoms with van der Waals surface area (Å²) >= 11 is 1.46. The van der Waals surface area contributed by atoms with Crippen LogP contribution in [0.2, 0.25) is 0 Å². The number of aliphatic imine (C=N–C) groups is 1. The number of hydrogen-bond donors (Lipinski definition) is 2. The second-order valence-electron chi connectivity index (χ2n) is 6.00. The molecule has 0 radical (unpaired) electrons. The lowest BCUT2D eigenvalue weighted by Crippen LogP contribution is -2.41. The van der Waals surface area contributed by atoms with Crippen LogP contribution in [0, 0.1) is 5.92 Å². The van der Waals surface area contributed by atoms with Gasteiger partial charge >= 0.3 is 0 Å². The van der Waals surface area contributed by atoms with Crippen LogP contribution < -0.4 is 10.6 Å². The van der Waals surface area contributed by atoms with Crippen LogP contribution >= 0.6 is 11.3 Å². The van der Waals surface area contributed by atoms with Gasteiger partial charge in [-0.05, 0) is 36.6 Å². The molecule has 2 N–H and O–H groups in total. The molecule has 0 saturated heterocycles. The van der Waals surface area contributed by atoms with Gasteiger partial charge in [0.05, 0.1) is 11.5 Å². The van der Waals surface area contributed by atoms with Gasteiger partial charge in [-0.3, -0.25) is 9.79 Å². The van der Waals surface area contributed by atoms with Crippen molar-refractivity contribution in [3.8, 4) is 0 Å². The third-order valence-corrected chi connectivity index (χ3v) is 4.73. The van der Waals surface area contributed by atoms with Gasteiger partial charge in [-0.15, -0.1) is 11.3 Å². The lowest BCUT2D eigenvalue weighted by Gasteiger charge is -2.22. The molecule has 6 nitrogen and oxygen atoms in total. The Balaban J connectivity index is 1.52. The van der Waals surface area contributed by atoms with E-state index in [9.17, 15) is 4.79 Å². The van der Waals surface area contributed by atoms with Crippen molar-refractivity contribution in [2.45, 2.75) is 19.3 Å². The molecule has 2 rings (SSSR count). The topological polar surface area (TPSA) is 66.0 Å². The Kier molecular flexibility index (Phi) is 8.04. The fraction of sp³-hybridized carbons (Fsp3) is 0.647. The number of ether oxygens (including phenoxy) is 1. The summed E-state index contributed by atoms with van der Waals surface area (Å²) < 4.78 is 5.66. The van der Waals surface area contributed by atoms with Gasteiger partial charge in [-0.25, -0.2) is 0 Å². The minimum atomic E-state index is -0.000637. The minimum absolute atomic E-state index is 0.000637. The van der Waals surface area contributed by atoms with Crippen LogP contribution in [0.5, 0.6) is 0 Å². The molecular formula is C17H28N4O2S. The molecule has 7 heteroatoms. The van der Waals surface area contributed by atoms with Gasteiger partial charge in [-0.1, -0.05) is 6.07 Å². The van der Waals surface area contributed by atoms with E-state index in [0.29, 0.717) is 6.54 Å². The van der Waals surface area contributed by atoms with E-state index in [2.05, 4.69) is 20.5 Å². The molecule has 0 atom stereocenters. The fourth-order valence-corrected chi connectivity index (χ4v) is 2.85. The highest BCUT2D eigenvalue weighted by molar-refractivity contribution is 7.12. The molecule has 24 heavy (non-hydrogen) atoms. The molecule has 0 bridgehead atoms. The molecule has 1 amide bonds. The summed E-state index contributed by atoms with van der Waals surface area (Å²) in [6, 6.07) is 3.72. The van der Waals surface area contributed by atoms with Gasteiger partial charge in [0.25, 0.3) is 5.91 Å². The van der Waals surface area contributed by atoms with Crippen LogP contribution in [0.15, 0.2) is 22.5 Å². The molecule has 1 aromatic heterocycles. The number of thiophene rings is 1. The first-order chi connectivity index (χ1) is 11.7. The summed E-state index contributed by atoms with van der Waals surface area (Å²) in [5, 5.41) is 8.14. The van der Waals surface area contributed by atoms with Crippen LogP contribution in [0.3, 0.4) is 0 Å². The molecule has 0 aliphatic heterocycles. The van der Waals surface area contributed by atoms with Gasteiger partial charge in [0.1, 0.15) is 0 Å². The van der Waals surface area contributed by atoms with E-state index in [1.54, 1.807) is 7.05 Å². The molecule has 0 aromatic carbocycles. The summed E-state index contributed by atoms with van der Waals surface area (Å²) in [5.41, 5.74) is 0. The number of guanidine groups is 1. The number of amides is 1. The van der Waals surface area contributed by atoms with E-state index < -0.39 is 0 Å². The number of carbonyl (C=O) groups is 1. The van der Waals surface area contributed by atoms with E-state index in [0.717, 1.165) is 49.5 Å². The van der Waals surface area contributed by atoms with E-state index in [1.807, 2.05) is 24.6 Å². The van der Waals surface area contributed by atoms with Gasteiger partial charge in [0, 0.05) is 40.3 Å². The van der Waals surface area contributed by atoms with Crippen molar-refractivity contribution >= 4 is 23.2 Å². The molecular weight excluding hydrogens is 324 g/mol. The molecule has 1 aliphatic rings. The molecule has 1 aliphatic carbocycles. The Hall–Kier alpha value is -1.60. The van der Waals surface area contributed by atoms with Gasteiger partial charge < -0.3 is 20.3 Å². The lowest BCUT2D eigenvalue weighted by molar-refractivity contribution is 0.0957. The zero-order valence-corrected chi connectivity index (χ0v) is 15.4. The molecule has 134 valence electrons. The number of carbonyl (C=O) groups excluding carboxylic acids is 1. The fourth-order valence-electron chi connectivity index (χ4n) is 2.21. The summed E-state index contributed by atoms with van der Waals surface area (Å²) in [5.74, 6) is 1.66. The first-order valence-corrected chi connectivity index (χ1v) is 9.40. The number of nitrogens with one attached hydrogen (secondary N) is 2. The second kappa shape index (κ2) is 10.3. The van der Waals surface area contributed by atoms with Gasteiger partial charge in [-0.2, -0.15) is 0 Å². The lowest BCUT2D eigenvalue weighted by atomic mass is 10.4. The number of hydrogen-bond acceptors (Lipinski definition) is 4. The Morgan fingerprint density at radius 1 is 1.42 bits per heavy atom. The highest BCUT2D eigenvalue weighted by Crippen LogP contribution is 2.28. The van der Waals surface area contributed by atoms with E-state index in [1.165, 1.54) is 24.2 Å². The maximum absolute atomic E-state index is 11.8. The summed E-state index contributed by atoms with van der Waals surface area (Å²) in [6.07, 6.45) is 3.49. The summed E-state index contributed by atoms with van der Waals surface area (Å²) in [7, 11) is 3.79. The highest BCUT2D eigenvalue weighted by Gasteiger charge is 2.21. The van der Waals surface area contributed by atoms with Crippen LogP contribution in [0.4, 0.5) is 0 Å². The Morgan fingerprint density at radius 3 is 2.88 bits per heavy atom. The molecule has 1 saturated carbocycles. The predicted molar refractivity (Wildman–Crippen MR) is 98.8 cm³/mol. The van der Waals surface area contributed by atoms with Crippen molar-refractivity contribution in [3.05, 3.63) is 22.4 Å². The van der Waals surface area contributed by atoms with Crippen molar-refractivity contribution < 1.29 is 9.53 Å².